The zero-order chi connectivity index (χ0) is 13.0. The van der Waals surface area contributed by atoms with E-state index in [1.54, 1.807) is 12.4 Å². The molecule has 1 saturated carbocycles. The Balaban J connectivity index is 2.11. The molecule has 96 valence electrons. The second-order valence-corrected chi connectivity index (χ2v) is 5.79. The summed E-state index contributed by atoms with van der Waals surface area (Å²) in [6.07, 6.45) is 9.77. The molecule has 2 nitrogen and oxygen atoms in total. The molecule has 3 heteroatoms. The van der Waals surface area contributed by atoms with Gasteiger partial charge >= 0.3 is 0 Å². The van der Waals surface area contributed by atoms with E-state index in [0.29, 0.717) is 5.02 Å². The van der Waals surface area contributed by atoms with Gasteiger partial charge < -0.3 is 0 Å². The molecule has 1 heterocycles. The number of aromatic nitrogens is 1. The Labute approximate surface area is 114 Å². The first-order chi connectivity index (χ1) is 8.69. The van der Waals surface area contributed by atoms with Gasteiger partial charge in [-0.15, -0.1) is 0 Å². The Hall–Kier alpha value is -1.07. The fourth-order valence-corrected chi connectivity index (χ4v) is 3.06. The zero-order valence-corrected chi connectivity index (χ0v) is 11.6. The molecule has 0 atom stereocenters. The molecule has 1 aliphatic rings. The van der Waals surface area contributed by atoms with Gasteiger partial charge in [0.25, 0.3) is 0 Å². The Kier molecular flexibility index (Phi) is 4.24. The fourth-order valence-electron chi connectivity index (χ4n) is 2.88. The van der Waals surface area contributed by atoms with Crippen molar-refractivity contribution in [3.05, 3.63) is 29.0 Å². The lowest BCUT2D eigenvalue weighted by atomic mass is 9.68. The number of hydrogen-bond acceptors (Lipinski definition) is 2. The number of nitriles is 1. The van der Waals surface area contributed by atoms with Gasteiger partial charge in [0.05, 0.1) is 16.5 Å². The first-order valence-corrected chi connectivity index (χ1v) is 7.06. The van der Waals surface area contributed by atoms with Crippen LogP contribution in [0.4, 0.5) is 0 Å². The van der Waals surface area contributed by atoms with Crippen molar-refractivity contribution in [2.24, 2.45) is 11.3 Å². The minimum absolute atomic E-state index is 0.212. The van der Waals surface area contributed by atoms with E-state index >= 15 is 0 Å². The molecule has 0 saturated heterocycles. The molecule has 0 aliphatic heterocycles. The summed E-state index contributed by atoms with van der Waals surface area (Å²) in [5.74, 6) is 0.805. The van der Waals surface area contributed by atoms with Crippen LogP contribution in [0, 0.1) is 22.7 Å². The van der Waals surface area contributed by atoms with Crippen LogP contribution in [0.1, 0.15) is 44.6 Å². The third-order valence-corrected chi connectivity index (χ3v) is 4.60. The molecule has 2 rings (SSSR count). The molecule has 0 aromatic carbocycles. The van der Waals surface area contributed by atoms with Gasteiger partial charge in [0, 0.05) is 12.4 Å². The average molecular weight is 263 g/mol. The predicted octanol–water partition coefficient (Wildman–Crippen LogP) is 4.39. The van der Waals surface area contributed by atoms with Crippen LogP contribution in [0.3, 0.4) is 0 Å². The summed E-state index contributed by atoms with van der Waals surface area (Å²) in [6.45, 7) is 2.24. The third kappa shape index (κ3) is 2.84. The van der Waals surface area contributed by atoms with Crippen LogP contribution in [0.5, 0.6) is 0 Å². The van der Waals surface area contributed by atoms with Gasteiger partial charge in [-0.25, -0.2) is 0 Å². The first kappa shape index (κ1) is 13.4. The summed E-state index contributed by atoms with van der Waals surface area (Å²) in [4.78, 5) is 4.00. The zero-order valence-electron chi connectivity index (χ0n) is 10.8. The van der Waals surface area contributed by atoms with Crippen molar-refractivity contribution < 1.29 is 0 Å². The maximum absolute atomic E-state index is 9.54. The van der Waals surface area contributed by atoms with Crippen LogP contribution >= 0.6 is 11.6 Å². The van der Waals surface area contributed by atoms with Gasteiger partial charge in [-0.2, -0.15) is 5.26 Å². The summed E-state index contributed by atoms with van der Waals surface area (Å²) in [7, 11) is 0. The highest BCUT2D eigenvalue weighted by Crippen LogP contribution is 2.42. The highest BCUT2D eigenvalue weighted by atomic mass is 35.5. The summed E-state index contributed by atoms with van der Waals surface area (Å²) in [5.41, 5.74) is 0.847. The van der Waals surface area contributed by atoms with Gasteiger partial charge in [0.1, 0.15) is 0 Å². The molecule has 0 bridgehead atoms. The van der Waals surface area contributed by atoms with Crippen LogP contribution < -0.4 is 0 Å². The maximum Gasteiger partial charge on any atom is 0.0693 e. The third-order valence-electron chi connectivity index (χ3n) is 4.26. The van der Waals surface area contributed by atoms with Crippen LogP contribution in [-0.2, 0) is 6.42 Å². The summed E-state index contributed by atoms with van der Waals surface area (Å²) in [5, 5.41) is 10.2. The lowest BCUT2D eigenvalue weighted by molar-refractivity contribution is 0.205. The molecule has 0 unspecified atom stereocenters. The van der Waals surface area contributed by atoms with Crippen molar-refractivity contribution in [2.45, 2.75) is 45.4 Å². The molecule has 0 spiro atoms. The molecule has 1 fully saturated rings. The number of nitrogens with zero attached hydrogens (tertiary/aromatic N) is 2. The van der Waals surface area contributed by atoms with Crippen LogP contribution in [0.2, 0.25) is 5.02 Å². The SMILES string of the molecule is CCC1CCC(C#N)(Cc2ccncc2Cl)CC1. The van der Waals surface area contributed by atoms with Gasteiger partial charge in [0.15, 0.2) is 0 Å². The van der Waals surface area contributed by atoms with Crippen molar-refractivity contribution >= 4 is 11.6 Å². The molecule has 1 aliphatic carbocycles. The van der Waals surface area contributed by atoms with E-state index in [1.165, 1.54) is 19.3 Å². The van der Waals surface area contributed by atoms with Crippen molar-refractivity contribution in [2.75, 3.05) is 0 Å². The second-order valence-electron chi connectivity index (χ2n) is 5.39. The number of pyridine rings is 1. The minimum atomic E-state index is -0.212. The Morgan fingerprint density at radius 2 is 2.22 bits per heavy atom. The summed E-state index contributed by atoms with van der Waals surface area (Å²) in [6, 6.07) is 4.50. The largest absolute Gasteiger partial charge is 0.263 e. The summed E-state index contributed by atoms with van der Waals surface area (Å²) < 4.78 is 0. The van der Waals surface area contributed by atoms with Crippen molar-refractivity contribution in [1.82, 2.24) is 4.98 Å². The molecular weight excluding hydrogens is 244 g/mol. The molecule has 1 aromatic heterocycles. The maximum atomic E-state index is 9.54. The average Bonchev–Trinajstić information content (AvgIpc) is 2.42. The minimum Gasteiger partial charge on any atom is -0.263 e. The lowest BCUT2D eigenvalue weighted by Crippen LogP contribution is -2.28. The van der Waals surface area contributed by atoms with Crippen LogP contribution in [0.25, 0.3) is 0 Å². The van der Waals surface area contributed by atoms with E-state index in [2.05, 4.69) is 18.0 Å². The van der Waals surface area contributed by atoms with Gasteiger partial charge in [-0.3, -0.25) is 4.98 Å². The number of halogens is 1. The topological polar surface area (TPSA) is 36.7 Å². The number of rotatable bonds is 3. The second kappa shape index (κ2) is 5.71. The Morgan fingerprint density at radius 3 is 2.78 bits per heavy atom. The molecule has 0 N–H and O–H groups in total. The molecule has 1 aromatic rings. The van der Waals surface area contributed by atoms with E-state index in [9.17, 15) is 5.26 Å². The van der Waals surface area contributed by atoms with Crippen LogP contribution in [0.15, 0.2) is 18.5 Å². The number of hydrogen-bond donors (Lipinski definition) is 0. The predicted molar refractivity (Wildman–Crippen MR) is 73.2 cm³/mol. The highest BCUT2D eigenvalue weighted by Gasteiger charge is 2.35. The van der Waals surface area contributed by atoms with Crippen LogP contribution in [-0.4, -0.2) is 4.98 Å². The van der Waals surface area contributed by atoms with Crippen molar-refractivity contribution in [3.63, 3.8) is 0 Å². The molecule has 18 heavy (non-hydrogen) atoms. The molecule has 0 radical (unpaired) electrons. The summed E-state index contributed by atoms with van der Waals surface area (Å²) >= 11 is 6.15. The Bertz CT molecular complexity index is 442. The highest BCUT2D eigenvalue weighted by molar-refractivity contribution is 6.31. The van der Waals surface area contributed by atoms with E-state index < -0.39 is 0 Å². The molecule has 0 amide bonds. The quantitative estimate of drug-likeness (QED) is 0.810. The first-order valence-electron chi connectivity index (χ1n) is 6.69. The molecular formula is C15H19ClN2. The normalized spacial score (nSPS) is 27.7. The van der Waals surface area contributed by atoms with Crippen molar-refractivity contribution in [1.29, 1.82) is 5.26 Å². The Morgan fingerprint density at radius 1 is 1.50 bits per heavy atom. The standard InChI is InChI=1S/C15H19ClN2/c1-2-12-3-6-15(11-17,7-4-12)9-13-5-8-18-10-14(13)16/h5,8,10,12H,2-4,6-7,9H2,1H3. The fraction of sp³-hybridized carbons (Fsp3) is 0.600. The smallest absolute Gasteiger partial charge is 0.0693 e. The van der Waals surface area contributed by atoms with Gasteiger partial charge in [-0.05, 0) is 49.7 Å². The van der Waals surface area contributed by atoms with E-state index in [1.807, 2.05) is 6.07 Å². The lowest BCUT2D eigenvalue weighted by Gasteiger charge is -2.34. The monoisotopic (exact) mass is 262 g/mol. The van der Waals surface area contributed by atoms with E-state index in [4.69, 9.17) is 11.6 Å². The van der Waals surface area contributed by atoms with Crippen molar-refractivity contribution in [3.8, 4) is 6.07 Å². The van der Waals surface area contributed by atoms with E-state index in [0.717, 1.165) is 30.7 Å². The van der Waals surface area contributed by atoms with Gasteiger partial charge in [-0.1, -0.05) is 24.9 Å². The van der Waals surface area contributed by atoms with E-state index in [-0.39, 0.29) is 5.41 Å². The van der Waals surface area contributed by atoms with Gasteiger partial charge in [0.2, 0.25) is 0 Å².